The predicted octanol–water partition coefficient (Wildman–Crippen LogP) is 0.650. The van der Waals surface area contributed by atoms with E-state index in [4.69, 9.17) is 10.5 Å². The van der Waals surface area contributed by atoms with Crippen LogP contribution in [-0.2, 0) is 10.0 Å². The SMILES string of the molecule is COc1ccc(N)cc1S(=O)(=O)NC1CCCN(C)C1. The number of anilines is 1. The number of ether oxygens (including phenoxy) is 1. The number of likely N-dealkylation sites (N-methyl/N-ethyl adjacent to an activating group) is 1. The van der Waals surface area contributed by atoms with Gasteiger partial charge in [0, 0.05) is 18.3 Å². The van der Waals surface area contributed by atoms with E-state index < -0.39 is 10.0 Å². The van der Waals surface area contributed by atoms with Crippen LogP contribution >= 0.6 is 0 Å². The van der Waals surface area contributed by atoms with Crippen LogP contribution in [0.2, 0.25) is 0 Å². The molecule has 0 spiro atoms. The quantitative estimate of drug-likeness (QED) is 0.797. The van der Waals surface area contributed by atoms with Gasteiger partial charge in [0.1, 0.15) is 10.6 Å². The second-order valence-corrected chi connectivity index (χ2v) is 6.82. The highest BCUT2D eigenvalue weighted by molar-refractivity contribution is 7.89. The zero-order chi connectivity index (χ0) is 14.8. The molecule has 20 heavy (non-hydrogen) atoms. The fraction of sp³-hybridized carbons (Fsp3) is 0.538. The van der Waals surface area contributed by atoms with Crippen LogP contribution in [0.15, 0.2) is 23.1 Å². The van der Waals surface area contributed by atoms with Crippen molar-refractivity contribution < 1.29 is 13.2 Å². The van der Waals surface area contributed by atoms with E-state index in [1.165, 1.54) is 13.2 Å². The normalized spacial score (nSPS) is 20.8. The summed E-state index contributed by atoms with van der Waals surface area (Å²) < 4.78 is 32.8. The third kappa shape index (κ3) is 3.41. The maximum Gasteiger partial charge on any atom is 0.244 e. The Bertz CT molecular complexity index is 574. The van der Waals surface area contributed by atoms with E-state index in [0.29, 0.717) is 18.0 Å². The summed E-state index contributed by atoms with van der Waals surface area (Å²) in [6.07, 6.45) is 1.83. The van der Waals surface area contributed by atoms with Gasteiger partial charge in [-0.05, 0) is 44.6 Å². The van der Waals surface area contributed by atoms with Crippen LogP contribution in [0.3, 0.4) is 0 Å². The molecule has 0 aromatic heterocycles. The number of hydrogen-bond acceptors (Lipinski definition) is 5. The largest absolute Gasteiger partial charge is 0.495 e. The second kappa shape index (κ2) is 5.99. The van der Waals surface area contributed by atoms with E-state index in [1.54, 1.807) is 12.1 Å². The Morgan fingerprint density at radius 1 is 1.45 bits per heavy atom. The number of benzene rings is 1. The van der Waals surface area contributed by atoms with Crippen LogP contribution in [0.4, 0.5) is 5.69 Å². The standard InChI is InChI=1S/C13H21N3O3S/c1-16-7-3-4-11(9-16)15-20(17,18)13-8-10(14)5-6-12(13)19-2/h5-6,8,11,15H,3-4,7,9,14H2,1-2H3. The molecule has 6 nitrogen and oxygen atoms in total. The van der Waals surface area contributed by atoms with Crippen molar-refractivity contribution in [1.29, 1.82) is 0 Å². The molecule has 1 unspecified atom stereocenters. The van der Waals surface area contributed by atoms with Gasteiger partial charge in [-0.1, -0.05) is 0 Å². The van der Waals surface area contributed by atoms with Crippen LogP contribution in [-0.4, -0.2) is 46.6 Å². The van der Waals surface area contributed by atoms with Gasteiger partial charge < -0.3 is 15.4 Å². The molecule has 112 valence electrons. The molecule has 1 aliphatic rings. The third-order valence-corrected chi connectivity index (χ3v) is 4.97. The molecule has 0 amide bonds. The minimum Gasteiger partial charge on any atom is -0.495 e. The first kappa shape index (κ1) is 15.1. The van der Waals surface area contributed by atoms with Gasteiger partial charge in [0.25, 0.3) is 0 Å². The fourth-order valence-corrected chi connectivity index (χ4v) is 3.91. The van der Waals surface area contributed by atoms with Gasteiger partial charge in [-0.15, -0.1) is 0 Å². The summed E-state index contributed by atoms with van der Waals surface area (Å²) in [4.78, 5) is 2.21. The van der Waals surface area contributed by atoms with Crippen LogP contribution in [0, 0.1) is 0 Å². The second-order valence-electron chi connectivity index (χ2n) is 5.13. The first-order valence-corrected chi connectivity index (χ1v) is 8.05. The summed E-state index contributed by atoms with van der Waals surface area (Å²) >= 11 is 0. The first-order valence-electron chi connectivity index (χ1n) is 6.57. The Kier molecular flexibility index (Phi) is 4.52. The van der Waals surface area contributed by atoms with Gasteiger partial charge in [-0.3, -0.25) is 0 Å². The van der Waals surface area contributed by atoms with Gasteiger partial charge >= 0.3 is 0 Å². The first-order chi connectivity index (χ1) is 9.42. The van der Waals surface area contributed by atoms with Crippen molar-refractivity contribution in [2.45, 2.75) is 23.8 Å². The molecule has 2 rings (SSSR count). The maximum absolute atomic E-state index is 12.5. The van der Waals surface area contributed by atoms with Gasteiger partial charge in [0.2, 0.25) is 10.0 Å². The van der Waals surface area contributed by atoms with Crippen molar-refractivity contribution in [3.63, 3.8) is 0 Å². The van der Waals surface area contributed by atoms with Crippen molar-refractivity contribution in [3.8, 4) is 5.75 Å². The molecule has 0 saturated carbocycles. The number of nitrogens with two attached hydrogens (primary N) is 1. The van der Waals surface area contributed by atoms with Crippen molar-refractivity contribution >= 4 is 15.7 Å². The molecule has 1 saturated heterocycles. The molecule has 1 aliphatic heterocycles. The highest BCUT2D eigenvalue weighted by atomic mass is 32.2. The lowest BCUT2D eigenvalue weighted by Crippen LogP contribution is -2.46. The number of piperidine rings is 1. The average molecular weight is 299 g/mol. The zero-order valence-electron chi connectivity index (χ0n) is 11.8. The fourth-order valence-electron chi connectivity index (χ4n) is 2.45. The molecule has 1 atom stereocenters. The molecule has 1 aromatic rings. The average Bonchev–Trinajstić information content (AvgIpc) is 2.38. The Morgan fingerprint density at radius 2 is 2.20 bits per heavy atom. The van der Waals surface area contributed by atoms with Crippen LogP contribution < -0.4 is 15.2 Å². The molecule has 3 N–H and O–H groups in total. The predicted molar refractivity (Wildman–Crippen MR) is 78.2 cm³/mol. The van der Waals surface area contributed by atoms with Crippen molar-refractivity contribution in [3.05, 3.63) is 18.2 Å². The minimum absolute atomic E-state index is 0.0788. The number of rotatable bonds is 4. The highest BCUT2D eigenvalue weighted by Crippen LogP contribution is 2.26. The Labute approximate surface area is 120 Å². The summed E-state index contributed by atoms with van der Waals surface area (Å²) in [5.74, 6) is 0.302. The molecule has 1 heterocycles. The van der Waals surface area contributed by atoms with Crippen molar-refractivity contribution in [2.75, 3.05) is 33.0 Å². The number of methoxy groups -OCH3 is 1. The van der Waals surface area contributed by atoms with Gasteiger partial charge in [-0.2, -0.15) is 0 Å². The van der Waals surface area contributed by atoms with E-state index >= 15 is 0 Å². The summed E-state index contributed by atoms with van der Waals surface area (Å²) in [5.41, 5.74) is 6.07. The van der Waals surface area contributed by atoms with E-state index in [1.807, 2.05) is 7.05 Å². The zero-order valence-corrected chi connectivity index (χ0v) is 12.6. The van der Waals surface area contributed by atoms with Gasteiger partial charge in [-0.25, -0.2) is 13.1 Å². The lowest BCUT2D eigenvalue weighted by molar-refractivity contribution is 0.242. The monoisotopic (exact) mass is 299 g/mol. The Hall–Kier alpha value is -1.31. The van der Waals surface area contributed by atoms with E-state index in [0.717, 1.165) is 19.4 Å². The lowest BCUT2D eigenvalue weighted by Gasteiger charge is -2.30. The summed E-state index contributed by atoms with van der Waals surface area (Å²) in [6.45, 7) is 1.71. The summed E-state index contributed by atoms with van der Waals surface area (Å²) in [7, 11) is -0.199. The maximum atomic E-state index is 12.5. The number of likely N-dealkylation sites (tertiary alicyclic amines) is 1. The number of hydrogen-bond donors (Lipinski definition) is 2. The van der Waals surface area contributed by atoms with Crippen LogP contribution in [0.25, 0.3) is 0 Å². The lowest BCUT2D eigenvalue weighted by atomic mass is 10.1. The van der Waals surface area contributed by atoms with E-state index in [2.05, 4.69) is 9.62 Å². The molecular weight excluding hydrogens is 278 g/mol. The van der Waals surface area contributed by atoms with E-state index in [9.17, 15) is 8.42 Å². The van der Waals surface area contributed by atoms with Crippen molar-refractivity contribution in [1.82, 2.24) is 9.62 Å². The molecule has 0 aliphatic carbocycles. The highest BCUT2D eigenvalue weighted by Gasteiger charge is 2.26. The molecule has 0 bridgehead atoms. The minimum atomic E-state index is -3.63. The Morgan fingerprint density at radius 3 is 2.85 bits per heavy atom. The van der Waals surface area contributed by atoms with E-state index in [-0.39, 0.29) is 10.9 Å². The molecular formula is C13H21N3O3S. The molecule has 1 aromatic carbocycles. The molecule has 1 fully saturated rings. The number of nitrogen functional groups attached to an aromatic ring is 1. The van der Waals surface area contributed by atoms with Gasteiger partial charge in [0.05, 0.1) is 7.11 Å². The number of nitrogens with one attached hydrogen (secondary N) is 1. The van der Waals surface area contributed by atoms with Crippen molar-refractivity contribution in [2.24, 2.45) is 0 Å². The summed E-state index contributed by atoms with van der Waals surface area (Å²) in [6, 6.07) is 4.53. The topological polar surface area (TPSA) is 84.7 Å². The number of sulfonamides is 1. The third-order valence-electron chi connectivity index (χ3n) is 3.42. The number of nitrogens with zero attached hydrogens (tertiary/aromatic N) is 1. The van der Waals surface area contributed by atoms with Crippen LogP contribution in [0.1, 0.15) is 12.8 Å². The summed E-state index contributed by atoms with van der Waals surface area (Å²) in [5, 5.41) is 0. The molecule has 7 heteroatoms. The smallest absolute Gasteiger partial charge is 0.244 e. The van der Waals surface area contributed by atoms with Crippen LogP contribution in [0.5, 0.6) is 5.75 Å². The Balaban J connectivity index is 2.24. The van der Waals surface area contributed by atoms with Gasteiger partial charge in [0.15, 0.2) is 0 Å². The molecule has 0 radical (unpaired) electrons.